The van der Waals surface area contributed by atoms with Gasteiger partial charge in [0.15, 0.2) is 0 Å². The van der Waals surface area contributed by atoms with Gasteiger partial charge in [0.1, 0.15) is 0 Å². The molecular formula is C17H16N2. The Labute approximate surface area is 113 Å². The van der Waals surface area contributed by atoms with Crippen molar-refractivity contribution in [1.82, 2.24) is 4.98 Å². The van der Waals surface area contributed by atoms with Gasteiger partial charge in [-0.2, -0.15) is 0 Å². The summed E-state index contributed by atoms with van der Waals surface area (Å²) >= 11 is 0. The monoisotopic (exact) mass is 248 g/mol. The van der Waals surface area contributed by atoms with Crippen LogP contribution in [0.5, 0.6) is 0 Å². The molecule has 0 N–H and O–H groups in total. The molecule has 2 heteroatoms. The van der Waals surface area contributed by atoms with Gasteiger partial charge in [0.2, 0.25) is 0 Å². The lowest BCUT2D eigenvalue weighted by Gasteiger charge is -2.19. The van der Waals surface area contributed by atoms with Crippen LogP contribution in [-0.4, -0.2) is 16.2 Å². The van der Waals surface area contributed by atoms with E-state index >= 15 is 0 Å². The number of pyridine rings is 1. The quantitative estimate of drug-likeness (QED) is 0.794. The SMILES string of the molecule is CC1(C)N=C(c2ccncc2)C=C1c1ccccc1. The molecule has 19 heavy (non-hydrogen) atoms. The largest absolute Gasteiger partial charge is 0.274 e. The van der Waals surface area contributed by atoms with E-state index in [0.29, 0.717) is 0 Å². The summed E-state index contributed by atoms with van der Waals surface area (Å²) in [7, 11) is 0. The van der Waals surface area contributed by atoms with Crippen molar-refractivity contribution in [2.75, 3.05) is 0 Å². The highest BCUT2D eigenvalue weighted by Gasteiger charge is 2.29. The van der Waals surface area contributed by atoms with Gasteiger partial charge >= 0.3 is 0 Å². The Hall–Kier alpha value is -2.22. The minimum atomic E-state index is -0.181. The fourth-order valence-corrected chi connectivity index (χ4v) is 2.43. The third kappa shape index (κ3) is 2.22. The average molecular weight is 248 g/mol. The van der Waals surface area contributed by atoms with Gasteiger partial charge in [-0.15, -0.1) is 0 Å². The van der Waals surface area contributed by atoms with E-state index in [2.05, 4.69) is 49.2 Å². The molecule has 0 radical (unpaired) electrons. The van der Waals surface area contributed by atoms with Crippen molar-refractivity contribution >= 4 is 11.3 Å². The number of rotatable bonds is 2. The van der Waals surface area contributed by atoms with Gasteiger partial charge in [0.25, 0.3) is 0 Å². The Morgan fingerprint density at radius 1 is 0.842 bits per heavy atom. The molecule has 0 bridgehead atoms. The summed E-state index contributed by atoms with van der Waals surface area (Å²) in [5.74, 6) is 0. The molecule has 0 fully saturated rings. The van der Waals surface area contributed by atoms with Gasteiger partial charge in [0.05, 0.1) is 11.3 Å². The van der Waals surface area contributed by atoms with Crippen molar-refractivity contribution in [3.63, 3.8) is 0 Å². The number of hydrogen-bond donors (Lipinski definition) is 0. The second-order valence-corrected chi connectivity index (χ2v) is 5.22. The first kappa shape index (κ1) is 11.8. The number of hydrogen-bond acceptors (Lipinski definition) is 2. The van der Waals surface area contributed by atoms with E-state index in [1.807, 2.05) is 18.2 Å². The zero-order valence-corrected chi connectivity index (χ0v) is 11.2. The van der Waals surface area contributed by atoms with E-state index in [1.165, 1.54) is 11.1 Å². The van der Waals surface area contributed by atoms with Crippen molar-refractivity contribution in [2.45, 2.75) is 19.4 Å². The van der Waals surface area contributed by atoms with Gasteiger partial charge in [-0.3, -0.25) is 9.98 Å². The number of allylic oxidation sites excluding steroid dienone is 1. The molecule has 0 spiro atoms. The number of benzene rings is 1. The van der Waals surface area contributed by atoms with Crippen molar-refractivity contribution in [3.05, 3.63) is 72.1 Å². The van der Waals surface area contributed by atoms with E-state index in [4.69, 9.17) is 4.99 Å². The third-order valence-corrected chi connectivity index (χ3v) is 3.40. The summed E-state index contributed by atoms with van der Waals surface area (Å²) in [5.41, 5.74) is 4.47. The van der Waals surface area contributed by atoms with Crippen LogP contribution in [0.1, 0.15) is 25.0 Å². The Balaban J connectivity index is 2.05. The molecule has 0 atom stereocenters. The topological polar surface area (TPSA) is 25.2 Å². The second kappa shape index (κ2) is 4.47. The van der Waals surface area contributed by atoms with Gasteiger partial charge in [-0.1, -0.05) is 30.3 Å². The molecule has 0 saturated carbocycles. The van der Waals surface area contributed by atoms with E-state index in [9.17, 15) is 0 Å². The predicted octanol–water partition coefficient (Wildman–Crippen LogP) is 3.75. The standard InChI is InChI=1S/C17H16N2/c1-17(2)15(13-6-4-3-5-7-13)12-16(19-17)14-8-10-18-11-9-14/h3-12H,1-2H3. The van der Waals surface area contributed by atoms with Crippen LogP contribution < -0.4 is 0 Å². The molecule has 1 aliphatic rings. The van der Waals surface area contributed by atoms with Crippen LogP contribution in [0, 0.1) is 0 Å². The molecule has 3 rings (SSSR count). The van der Waals surface area contributed by atoms with Crippen LogP contribution >= 0.6 is 0 Å². The Morgan fingerprint density at radius 3 is 2.21 bits per heavy atom. The van der Waals surface area contributed by atoms with Crippen molar-refractivity contribution in [2.24, 2.45) is 4.99 Å². The molecule has 0 saturated heterocycles. The Kier molecular flexibility index (Phi) is 2.79. The normalized spacial score (nSPS) is 16.9. The lowest BCUT2D eigenvalue weighted by atomic mass is 9.90. The number of aliphatic imine (C=N–C) groups is 1. The second-order valence-electron chi connectivity index (χ2n) is 5.22. The summed E-state index contributed by atoms with van der Waals surface area (Å²) < 4.78 is 0. The van der Waals surface area contributed by atoms with Crippen LogP contribution in [0.15, 0.2) is 65.9 Å². The smallest absolute Gasteiger partial charge is 0.0814 e. The highest BCUT2D eigenvalue weighted by atomic mass is 14.9. The fraction of sp³-hybridized carbons (Fsp3) is 0.176. The number of aromatic nitrogens is 1. The highest BCUT2D eigenvalue weighted by Crippen LogP contribution is 2.35. The minimum Gasteiger partial charge on any atom is -0.274 e. The molecule has 1 aliphatic heterocycles. The molecule has 2 nitrogen and oxygen atoms in total. The van der Waals surface area contributed by atoms with E-state index in [1.54, 1.807) is 12.4 Å². The van der Waals surface area contributed by atoms with Crippen LogP contribution in [0.3, 0.4) is 0 Å². The Morgan fingerprint density at radius 2 is 1.53 bits per heavy atom. The van der Waals surface area contributed by atoms with Crippen molar-refractivity contribution in [3.8, 4) is 0 Å². The van der Waals surface area contributed by atoms with E-state index in [0.717, 1.165) is 11.3 Å². The van der Waals surface area contributed by atoms with Gasteiger partial charge < -0.3 is 0 Å². The fourth-order valence-electron chi connectivity index (χ4n) is 2.43. The highest BCUT2D eigenvalue weighted by molar-refractivity contribution is 6.16. The van der Waals surface area contributed by atoms with Crippen LogP contribution in [0.2, 0.25) is 0 Å². The summed E-state index contributed by atoms with van der Waals surface area (Å²) in [4.78, 5) is 8.90. The molecule has 1 aromatic heterocycles. The predicted molar refractivity (Wildman–Crippen MR) is 79.3 cm³/mol. The number of nitrogens with zero attached hydrogens (tertiary/aromatic N) is 2. The average Bonchev–Trinajstić information content (AvgIpc) is 2.77. The summed E-state index contributed by atoms with van der Waals surface area (Å²) in [6.45, 7) is 4.31. The Bertz CT molecular complexity index is 637. The van der Waals surface area contributed by atoms with Crippen LogP contribution in [0.4, 0.5) is 0 Å². The molecule has 0 aliphatic carbocycles. The van der Waals surface area contributed by atoms with Crippen molar-refractivity contribution < 1.29 is 0 Å². The first-order chi connectivity index (χ1) is 9.17. The first-order valence-electron chi connectivity index (χ1n) is 6.45. The van der Waals surface area contributed by atoms with Crippen LogP contribution in [0.25, 0.3) is 5.57 Å². The zero-order chi connectivity index (χ0) is 13.3. The summed E-state index contributed by atoms with van der Waals surface area (Å²) in [6, 6.07) is 14.4. The summed E-state index contributed by atoms with van der Waals surface area (Å²) in [5, 5.41) is 0. The van der Waals surface area contributed by atoms with Gasteiger partial charge in [-0.25, -0.2) is 0 Å². The molecule has 0 unspecified atom stereocenters. The first-order valence-corrected chi connectivity index (χ1v) is 6.45. The van der Waals surface area contributed by atoms with E-state index < -0.39 is 0 Å². The lowest BCUT2D eigenvalue weighted by molar-refractivity contribution is 0.689. The third-order valence-electron chi connectivity index (χ3n) is 3.40. The maximum Gasteiger partial charge on any atom is 0.0814 e. The minimum absolute atomic E-state index is 0.181. The maximum absolute atomic E-state index is 4.84. The molecule has 2 heterocycles. The summed E-state index contributed by atoms with van der Waals surface area (Å²) in [6.07, 6.45) is 5.79. The lowest BCUT2D eigenvalue weighted by Crippen LogP contribution is -2.16. The molecule has 2 aromatic rings. The van der Waals surface area contributed by atoms with Crippen molar-refractivity contribution in [1.29, 1.82) is 0 Å². The maximum atomic E-state index is 4.84. The zero-order valence-electron chi connectivity index (χ0n) is 11.2. The van der Waals surface area contributed by atoms with Gasteiger partial charge in [0, 0.05) is 18.0 Å². The molecule has 0 amide bonds. The molecular weight excluding hydrogens is 232 g/mol. The molecule has 1 aromatic carbocycles. The van der Waals surface area contributed by atoms with E-state index in [-0.39, 0.29) is 5.54 Å². The van der Waals surface area contributed by atoms with Crippen LogP contribution in [-0.2, 0) is 0 Å². The van der Waals surface area contributed by atoms with Gasteiger partial charge in [-0.05, 0) is 43.2 Å². The molecule has 94 valence electrons.